The number of nitrogens with zero attached hydrogens (tertiary/aromatic N) is 2. The van der Waals surface area contributed by atoms with Crippen LogP contribution < -0.4 is 15.0 Å². The molecule has 1 N–H and O–H groups in total. The van der Waals surface area contributed by atoms with Gasteiger partial charge in [-0.2, -0.15) is 0 Å². The largest absolute Gasteiger partial charge is 0.479 e. The molecular formula is C19H27N3O4. The molecule has 142 valence electrons. The average molecular weight is 361 g/mol. The second kappa shape index (κ2) is 8.51. The third-order valence-electron chi connectivity index (χ3n) is 4.90. The van der Waals surface area contributed by atoms with Crippen molar-refractivity contribution in [1.82, 2.24) is 10.2 Å². The lowest BCUT2D eigenvalue weighted by Crippen LogP contribution is -2.48. The summed E-state index contributed by atoms with van der Waals surface area (Å²) in [6.45, 7) is 8.07. The highest BCUT2D eigenvalue weighted by Crippen LogP contribution is 2.33. The summed E-state index contributed by atoms with van der Waals surface area (Å²) < 4.78 is 11.0. The Morgan fingerprint density at radius 2 is 2.04 bits per heavy atom. The summed E-state index contributed by atoms with van der Waals surface area (Å²) in [5, 5.41) is 2.98. The van der Waals surface area contributed by atoms with Crippen LogP contribution in [-0.4, -0.2) is 68.3 Å². The predicted octanol–water partition coefficient (Wildman–Crippen LogP) is 1.03. The lowest BCUT2D eigenvalue weighted by molar-refractivity contribution is -0.125. The van der Waals surface area contributed by atoms with E-state index in [1.807, 2.05) is 24.3 Å². The van der Waals surface area contributed by atoms with Crippen LogP contribution in [-0.2, 0) is 14.3 Å². The SMILES string of the molecule is CC1Oc2ccccc2N(CCC(=O)NCC(C)N2CCOCC2)C1=O. The highest BCUT2D eigenvalue weighted by Gasteiger charge is 2.31. The molecule has 7 nitrogen and oxygen atoms in total. The monoisotopic (exact) mass is 361 g/mol. The molecule has 26 heavy (non-hydrogen) atoms. The second-order valence-electron chi connectivity index (χ2n) is 6.77. The number of anilines is 1. The molecule has 0 spiro atoms. The molecule has 0 aliphatic carbocycles. The average Bonchev–Trinajstić information content (AvgIpc) is 2.67. The first-order valence-corrected chi connectivity index (χ1v) is 9.22. The van der Waals surface area contributed by atoms with Gasteiger partial charge in [0.05, 0.1) is 18.9 Å². The highest BCUT2D eigenvalue weighted by molar-refractivity contribution is 6.00. The van der Waals surface area contributed by atoms with Crippen LogP contribution in [0.1, 0.15) is 20.3 Å². The number of rotatable bonds is 6. The van der Waals surface area contributed by atoms with E-state index in [-0.39, 0.29) is 24.3 Å². The normalized spacial score (nSPS) is 21.7. The summed E-state index contributed by atoms with van der Waals surface area (Å²) in [6.07, 6.45) is -0.267. The van der Waals surface area contributed by atoms with Gasteiger partial charge in [0.1, 0.15) is 5.75 Å². The van der Waals surface area contributed by atoms with E-state index in [0.717, 1.165) is 32.0 Å². The van der Waals surface area contributed by atoms with Gasteiger partial charge >= 0.3 is 0 Å². The molecule has 1 aromatic carbocycles. The van der Waals surface area contributed by atoms with Gasteiger partial charge in [-0.3, -0.25) is 14.5 Å². The van der Waals surface area contributed by atoms with Gasteiger partial charge in [0.2, 0.25) is 5.91 Å². The Bertz CT molecular complexity index is 645. The zero-order chi connectivity index (χ0) is 18.5. The van der Waals surface area contributed by atoms with Crippen LogP contribution in [0.15, 0.2) is 24.3 Å². The molecule has 2 heterocycles. The fourth-order valence-corrected chi connectivity index (χ4v) is 3.30. The molecule has 0 bridgehead atoms. The number of morpholine rings is 1. The smallest absolute Gasteiger partial charge is 0.267 e. The number of hydrogen-bond donors (Lipinski definition) is 1. The maximum atomic E-state index is 12.4. The van der Waals surface area contributed by atoms with E-state index in [4.69, 9.17) is 9.47 Å². The second-order valence-corrected chi connectivity index (χ2v) is 6.77. The number of carbonyl (C=O) groups is 2. The number of ether oxygens (including phenoxy) is 2. The molecule has 0 saturated carbocycles. The maximum Gasteiger partial charge on any atom is 0.267 e. The van der Waals surface area contributed by atoms with E-state index in [9.17, 15) is 9.59 Å². The first kappa shape index (κ1) is 18.7. The topological polar surface area (TPSA) is 71.1 Å². The number of amides is 2. The molecule has 2 unspecified atom stereocenters. The van der Waals surface area contributed by atoms with Crippen LogP contribution >= 0.6 is 0 Å². The van der Waals surface area contributed by atoms with Crippen molar-refractivity contribution in [3.8, 4) is 5.75 Å². The maximum absolute atomic E-state index is 12.4. The third kappa shape index (κ3) is 4.34. The zero-order valence-corrected chi connectivity index (χ0v) is 15.4. The van der Waals surface area contributed by atoms with Crippen molar-refractivity contribution in [2.75, 3.05) is 44.3 Å². The molecule has 2 amide bonds. The minimum Gasteiger partial charge on any atom is -0.479 e. The molecular weight excluding hydrogens is 334 g/mol. The Labute approximate surface area is 154 Å². The molecule has 1 aromatic rings. The van der Waals surface area contributed by atoms with E-state index < -0.39 is 6.10 Å². The minimum atomic E-state index is -0.533. The number of hydrogen-bond acceptors (Lipinski definition) is 5. The van der Waals surface area contributed by atoms with E-state index >= 15 is 0 Å². The van der Waals surface area contributed by atoms with Gasteiger partial charge in [0, 0.05) is 38.6 Å². The molecule has 3 rings (SSSR count). The van der Waals surface area contributed by atoms with Gasteiger partial charge in [0.15, 0.2) is 6.10 Å². The van der Waals surface area contributed by atoms with Crippen LogP contribution in [0.4, 0.5) is 5.69 Å². The van der Waals surface area contributed by atoms with Crippen LogP contribution in [0.25, 0.3) is 0 Å². The molecule has 1 fully saturated rings. The Kier molecular flexibility index (Phi) is 6.11. The summed E-state index contributed by atoms with van der Waals surface area (Å²) in [5.41, 5.74) is 0.727. The fraction of sp³-hybridized carbons (Fsp3) is 0.579. The highest BCUT2D eigenvalue weighted by atomic mass is 16.5. The molecule has 1 saturated heterocycles. The molecule has 2 aliphatic rings. The fourth-order valence-electron chi connectivity index (χ4n) is 3.30. The van der Waals surface area contributed by atoms with E-state index in [0.29, 0.717) is 18.8 Å². The van der Waals surface area contributed by atoms with Crippen LogP contribution in [0.3, 0.4) is 0 Å². The Morgan fingerprint density at radius 1 is 1.31 bits per heavy atom. The van der Waals surface area contributed by atoms with Crippen LogP contribution in [0, 0.1) is 0 Å². The quantitative estimate of drug-likeness (QED) is 0.819. The summed E-state index contributed by atoms with van der Waals surface area (Å²) in [4.78, 5) is 28.6. The van der Waals surface area contributed by atoms with Crippen LogP contribution in [0.5, 0.6) is 5.75 Å². The number of benzene rings is 1. The Hall–Kier alpha value is -2.12. The van der Waals surface area contributed by atoms with Crippen molar-refractivity contribution in [3.05, 3.63) is 24.3 Å². The van der Waals surface area contributed by atoms with Crippen molar-refractivity contribution < 1.29 is 19.1 Å². The minimum absolute atomic E-state index is 0.0467. The molecule has 0 radical (unpaired) electrons. The third-order valence-corrected chi connectivity index (χ3v) is 4.90. The number of carbonyl (C=O) groups excluding carboxylic acids is 2. The van der Waals surface area contributed by atoms with Crippen molar-refractivity contribution in [2.24, 2.45) is 0 Å². The zero-order valence-electron chi connectivity index (χ0n) is 15.4. The van der Waals surface area contributed by atoms with Crippen LogP contribution in [0.2, 0.25) is 0 Å². The van der Waals surface area contributed by atoms with Gasteiger partial charge < -0.3 is 19.7 Å². The van der Waals surface area contributed by atoms with Gasteiger partial charge in [-0.25, -0.2) is 0 Å². The van der Waals surface area contributed by atoms with Crippen molar-refractivity contribution in [3.63, 3.8) is 0 Å². The molecule has 2 aliphatic heterocycles. The van der Waals surface area contributed by atoms with Gasteiger partial charge in [-0.1, -0.05) is 12.1 Å². The molecule has 0 aromatic heterocycles. The lowest BCUT2D eigenvalue weighted by Gasteiger charge is -2.33. The summed E-state index contributed by atoms with van der Waals surface area (Å²) in [7, 11) is 0. The summed E-state index contributed by atoms with van der Waals surface area (Å²) in [6, 6.07) is 7.70. The van der Waals surface area contributed by atoms with E-state index in [2.05, 4.69) is 17.1 Å². The van der Waals surface area contributed by atoms with E-state index in [1.54, 1.807) is 11.8 Å². The Morgan fingerprint density at radius 3 is 2.81 bits per heavy atom. The van der Waals surface area contributed by atoms with Gasteiger partial charge in [-0.15, -0.1) is 0 Å². The van der Waals surface area contributed by atoms with E-state index in [1.165, 1.54) is 0 Å². The van der Waals surface area contributed by atoms with Crippen molar-refractivity contribution in [1.29, 1.82) is 0 Å². The molecule has 2 atom stereocenters. The van der Waals surface area contributed by atoms with Crippen molar-refractivity contribution >= 4 is 17.5 Å². The Balaban J connectivity index is 1.50. The predicted molar refractivity (Wildman–Crippen MR) is 98.4 cm³/mol. The first-order valence-electron chi connectivity index (χ1n) is 9.22. The summed E-state index contributed by atoms with van der Waals surface area (Å²) >= 11 is 0. The standard InChI is InChI=1S/C19H27N3O4/c1-14(21-9-11-25-12-10-21)13-20-18(23)7-8-22-16-5-3-4-6-17(16)26-15(2)19(22)24/h3-6,14-15H,7-13H2,1-2H3,(H,20,23). The first-order chi connectivity index (χ1) is 12.6. The number of para-hydroxylation sites is 2. The lowest BCUT2D eigenvalue weighted by atomic mass is 10.1. The summed E-state index contributed by atoms with van der Waals surface area (Å²) in [5.74, 6) is 0.522. The molecule has 7 heteroatoms. The van der Waals surface area contributed by atoms with Crippen molar-refractivity contribution in [2.45, 2.75) is 32.4 Å². The van der Waals surface area contributed by atoms with Gasteiger partial charge in [-0.05, 0) is 26.0 Å². The number of nitrogens with one attached hydrogen (secondary N) is 1. The number of fused-ring (bicyclic) bond motifs is 1. The van der Waals surface area contributed by atoms with Gasteiger partial charge in [0.25, 0.3) is 5.91 Å².